The highest BCUT2D eigenvalue weighted by Crippen LogP contribution is 2.30. The topological polar surface area (TPSA) is 90.3 Å². The first-order valence-electron chi connectivity index (χ1n) is 8.74. The van der Waals surface area contributed by atoms with Crippen molar-refractivity contribution in [3.63, 3.8) is 0 Å². The van der Waals surface area contributed by atoms with Gasteiger partial charge in [-0.05, 0) is 37.1 Å². The third-order valence-corrected chi connectivity index (χ3v) is 5.83. The first-order valence-corrected chi connectivity index (χ1v) is 10.6. The normalized spacial score (nSPS) is 17.2. The maximum Gasteiger partial charge on any atom is 0.229 e. The number of sulfone groups is 1. The number of nitrogens with one attached hydrogen (secondary N) is 1. The van der Waals surface area contributed by atoms with E-state index < -0.39 is 9.84 Å². The number of amides is 1. The van der Waals surface area contributed by atoms with Crippen LogP contribution in [-0.4, -0.2) is 33.7 Å². The van der Waals surface area contributed by atoms with Gasteiger partial charge in [0.1, 0.15) is 6.07 Å². The highest BCUT2D eigenvalue weighted by molar-refractivity contribution is 7.90. The summed E-state index contributed by atoms with van der Waals surface area (Å²) in [7, 11) is -3.51. The Morgan fingerprint density at radius 3 is 2.59 bits per heavy atom. The zero-order valence-electron chi connectivity index (χ0n) is 15.1. The summed E-state index contributed by atoms with van der Waals surface area (Å²) < 4.78 is 24.0. The number of rotatable bonds is 4. The maximum atomic E-state index is 12.6. The second-order valence-corrected chi connectivity index (χ2v) is 8.66. The molecule has 1 atom stereocenters. The lowest BCUT2D eigenvalue weighted by Crippen LogP contribution is -2.41. The molecule has 1 heterocycles. The highest BCUT2D eigenvalue weighted by Gasteiger charge is 2.28. The van der Waals surface area contributed by atoms with Crippen LogP contribution >= 0.6 is 0 Å². The fourth-order valence-corrected chi connectivity index (χ4v) is 4.23. The van der Waals surface area contributed by atoms with Gasteiger partial charge in [0, 0.05) is 25.0 Å². The summed E-state index contributed by atoms with van der Waals surface area (Å²) >= 11 is 0. The van der Waals surface area contributed by atoms with Crippen molar-refractivity contribution in [1.82, 2.24) is 0 Å². The molecule has 1 saturated heterocycles. The van der Waals surface area contributed by atoms with Gasteiger partial charge in [-0.1, -0.05) is 24.3 Å². The smallest absolute Gasteiger partial charge is 0.229 e. The van der Waals surface area contributed by atoms with Gasteiger partial charge >= 0.3 is 0 Å². The molecule has 1 fully saturated rings. The number of hydrogen-bond donors (Lipinski definition) is 1. The summed E-state index contributed by atoms with van der Waals surface area (Å²) in [5.74, 6) is -0.295. The van der Waals surface area contributed by atoms with E-state index in [0.29, 0.717) is 18.8 Å². The zero-order chi connectivity index (χ0) is 19.4. The van der Waals surface area contributed by atoms with Crippen LogP contribution in [-0.2, 0) is 14.6 Å². The SMILES string of the molecule is CS(=O)(=O)c1cccc(N2CCC[C@@H](C(=O)Nc3ccccc3)C2)c1C#N. The van der Waals surface area contributed by atoms with Gasteiger partial charge in [-0.15, -0.1) is 0 Å². The largest absolute Gasteiger partial charge is 0.370 e. The molecule has 1 amide bonds. The molecule has 0 unspecified atom stereocenters. The lowest BCUT2D eigenvalue weighted by Gasteiger charge is -2.34. The Morgan fingerprint density at radius 1 is 1.19 bits per heavy atom. The minimum Gasteiger partial charge on any atom is -0.370 e. The minimum absolute atomic E-state index is 0.0263. The fraction of sp³-hybridized carbons (Fsp3) is 0.300. The third kappa shape index (κ3) is 4.29. The highest BCUT2D eigenvalue weighted by atomic mass is 32.2. The van der Waals surface area contributed by atoms with Crippen molar-refractivity contribution in [2.45, 2.75) is 17.7 Å². The predicted octanol–water partition coefficient (Wildman–Crippen LogP) is 2.82. The molecule has 0 bridgehead atoms. The molecular formula is C20H21N3O3S. The molecule has 27 heavy (non-hydrogen) atoms. The number of benzene rings is 2. The summed E-state index contributed by atoms with van der Waals surface area (Å²) in [6, 6.07) is 16.1. The Morgan fingerprint density at radius 2 is 1.93 bits per heavy atom. The van der Waals surface area contributed by atoms with Crippen molar-refractivity contribution in [2.75, 3.05) is 29.6 Å². The molecule has 1 N–H and O–H groups in total. The van der Waals surface area contributed by atoms with Gasteiger partial charge in [0.2, 0.25) is 5.91 Å². The number of carbonyl (C=O) groups excluding carboxylic acids is 1. The quantitative estimate of drug-likeness (QED) is 0.877. The van der Waals surface area contributed by atoms with Crippen LogP contribution in [0.5, 0.6) is 0 Å². The average Bonchev–Trinajstić information content (AvgIpc) is 2.67. The Kier molecular flexibility index (Phi) is 5.47. The van der Waals surface area contributed by atoms with Gasteiger partial charge in [-0.2, -0.15) is 5.26 Å². The molecule has 1 aliphatic rings. The molecule has 6 nitrogen and oxygen atoms in total. The van der Waals surface area contributed by atoms with Gasteiger partial charge in [0.05, 0.1) is 22.1 Å². The molecule has 3 rings (SSSR count). The lowest BCUT2D eigenvalue weighted by atomic mass is 9.96. The Balaban J connectivity index is 1.83. The van der Waals surface area contributed by atoms with Crippen LogP contribution in [0.15, 0.2) is 53.4 Å². The Bertz CT molecular complexity index is 981. The van der Waals surface area contributed by atoms with Crippen LogP contribution in [0.4, 0.5) is 11.4 Å². The molecule has 0 spiro atoms. The van der Waals surface area contributed by atoms with Crippen LogP contribution in [0, 0.1) is 17.2 Å². The molecule has 7 heteroatoms. The van der Waals surface area contributed by atoms with E-state index in [1.165, 1.54) is 6.07 Å². The van der Waals surface area contributed by atoms with E-state index >= 15 is 0 Å². The second-order valence-electron chi connectivity index (χ2n) is 6.67. The standard InChI is InChI=1S/C20H21N3O3S/c1-27(25,26)19-11-5-10-18(17(19)13-21)23-12-6-7-15(14-23)20(24)22-16-8-3-2-4-9-16/h2-5,8-11,15H,6-7,12,14H2,1H3,(H,22,24)/t15-/m1/s1. The number of hydrogen-bond acceptors (Lipinski definition) is 5. The molecule has 2 aromatic carbocycles. The van der Waals surface area contributed by atoms with Crippen molar-refractivity contribution in [3.05, 3.63) is 54.1 Å². The van der Waals surface area contributed by atoms with Crippen molar-refractivity contribution in [2.24, 2.45) is 5.92 Å². The van der Waals surface area contributed by atoms with Crippen molar-refractivity contribution in [1.29, 1.82) is 5.26 Å². The number of nitrogens with zero attached hydrogens (tertiary/aromatic N) is 2. The van der Waals surface area contributed by atoms with Crippen LogP contribution in [0.2, 0.25) is 0 Å². The summed E-state index contributed by atoms with van der Waals surface area (Å²) in [5.41, 5.74) is 1.46. The first-order chi connectivity index (χ1) is 12.9. The van der Waals surface area contributed by atoms with Gasteiger partial charge in [-0.3, -0.25) is 4.79 Å². The predicted molar refractivity (Wildman–Crippen MR) is 104 cm³/mol. The van der Waals surface area contributed by atoms with Crippen LogP contribution < -0.4 is 10.2 Å². The average molecular weight is 383 g/mol. The van der Waals surface area contributed by atoms with Crippen molar-refractivity contribution >= 4 is 27.1 Å². The number of piperidine rings is 1. The molecule has 2 aromatic rings. The minimum atomic E-state index is -3.51. The van der Waals surface area contributed by atoms with E-state index in [0.717, 1.165) is 24.8 Å². The Hall–Kier alpha value is -2.85. The molecule has 1 aliphatic heterocycles. The van der Waals surface area contributed by atoms with Gasteiger partial charge in [-0.25, -0.2) is 8.42 Å². The van der Waals surface area contributed by atoms with Gasteiger partial charge in [0.15, 0.2) is 9.84 Å². The zero-order valence-corrected chi connectivity index (χ0v) is 15.9. The molecule has 0 aromatic heterocycles. The summed E-state index contributed by atoms with van der Waals surface area (Å²) in [6.45, 7) is 1.12. The van der Waals surface area contributed by atoms with Crippen LogP contribution in [0.3, 0.4) is 0 Å². The van der Waals surface area contributed by atoms with E-state index in [9.17, 15) is 18.5 Å². The number of nitriles is 1. The summed E-state index contributed by atoms with van der Waals surface area (Å²) in [5, 5.41) is 12.5. The molecule has 140 valence electrons. The summed E-state index contributed by atoms with van der Waals surface area (Å²) in [6.07, 6.45) is 2.64. The first kappa shape index (κ1) is 18.9. The number of para-hydroxylation sites is 1. The van der Waals surface area contributed by atoms with E-state index in [2.05, 4.69) is 5.32 Å². The van der Waals surface area contributed by atoms with Crippen molar-refractivity contribution < 1.29 is 13.2 Å². The second kappa shape index (κ2) is 7.80. The van der Waals surface area contributed by atoms with Crippen molar-refractivity contribution in [3.8, 4) is 6.07 Å². The maximum absolute atomic E-state index is 12.6. The Labute approximate surface area is 159 Å². The number of anilines is 2. The lowest BCUT2D eigenvalue weighted by molar-refractivity contribution is -0.120. The van der Waals surface area contributed by atoms with E-state index in [1.807, 2.05) is 41.3 Å². The number of carbonyl (C=O) groups is 1. The molecule has 0 aliphatic carbocycles. The van der Waals surface area contributed by atoms with Gasteiger partial charge in [0.25, 0.3) is 0 Å². The molecule has 0 saturated carbocycles. The third-order valence-electron chi connectivity index (χ3n) is 4.69. The molecule has 0 radical (unpaired) electrons. The molecular weight excluding hydrogens is 362 g/mol. The van der Waals surface area contributed by atoms with Gasteiger partial charge < -0.3 is 10.2 Å². The van der Waals surface area contributed by atoms with E-state index in [-0.39, 0.29) is 22.3 Å². The van der Waals surface area contributed by atoms with E-state index in [4.69, 9.17) is 0 Å². The summed E-state index contributed by atoms with van der Waals surface area (Å²) in [4.78, 5) is 14.6. The van der Waals surface area contributed by atoms with Crippen LogP contribution in [0.25, 0.3) is 0 Å². The van der Waals surface area contributed by atoms with E-state index in [1.54, 1.807) is 12.1 Å². The monoisotopic (exact) mass is 383 g/mol. The van der Waals surface area contributed by atoms with Crippen LogP contribution in [0.1, 0.15) is 18.4 Å². The fourth-order valence-electron chi connectivity index (χ4n) is 3.38.